The van der Waals surface area contributed by atoms with Gasteiger partial charge in [0.1, 0.15) is 17.0 Å². The van der Waals surface area contributed by atoms with E-state index >= 15 is 0 Å². The molecule has 0 saturated heterocycles. The topological polar surface area (TPSA) is 94.6 Å². The molecule has 1 heterocycles. The van der Waals surface area contributed by atoms with Crippen LogP contribution in [0.25, 0.3) is 11.0 Å². The third-order valence-corrected chi connectivity index (χ3v) is 4.00. The van der Waals surface area contributed by atoms with E-state index in [-0.39, 0.29) is 18.1 Å². The van der Waals surface area contributed by atoms with Crippen LogP contribution in [0.15, 0.2) is 46.9 Å². The number of carbonyl (C=O) groups is 2. The van der Waals surface area contributed by atoms with Gasteiger partial charge in [-0.25, -0.2) is 0 Å². The fourth-order valence-corrected chi connectivity index (χ4v) is 2.54. The zero-order valence-corrected chi connectivity index (χ0v) is 14.0. The highest BCUT2D eigenvalue weighted by Gasteiger charge is 2.20. The second kappa shape index (κ2) is 6.68. The van der Waals surface area contributed by atoms with E-state index < -0.39 is 11.8 Å². The summed E-state index contributed by atoms with van der Waals surface area (Å²) in [5.74, 6) is -0.597. The molecule has 0 spiro atoms. The van der Waals surface area contributed by atoms with Crippen LogP contribution < -0.4 is 15.8 Å². The van der Waals surface area contributed by atoms with E-state index in [0.29, 0.717) is 16.7 Å². The van der Waals surface area contributed by atoms with E-state index in [0.717, 1.165) is 11.1 Å². The SMILES string of the molecule is Cc1cccc(OCC(=O)Nc2c(C(N)=O)oc3ccccc23)c1C. The number of benzene rings is 2. The summed E-state index contributed by atoms with van der Waals surface area (Å²) in [6, 6.07) is 12.6. The number of amides is 2. The largest absolute Gasteiger partial charge is 0.483 e. The summed E-state index contributed by atoms with van der Waals surface area (Å²) in [5.41, 5.74) is 8.13. The predicted octanol–water partition coefficient (Wildman–Crippen LogP) is 3.17. The fraction of sp³-hybridized carbons (Fsp3) is 0.158. The first kappa shape index (κ1) is 16.6. The lowest BCUT2D eigenvalue weighted by molar-refractivity contribution is -0.118. The minimum Gasteiger partial charge on any atom is -0.483 e. The van der Waals surface area contributed by atoms with E-state index in [1.807, 2.05) is 26.0 Å². The maximum Gasteiger partial charge on any atom is 0.286 e. The molecule has 2 aromatic carbocycles. The van der Waals surface area contributed by atoms with Crippen LogP contribution in [0.5, 0.6) is 5.75 Å². The number of para-hydroxylation sites is 1. The van der Waals surface area contributed by atoms with Crippen LogP contribution in [0.2, 0.25) is 0 Å². The van der Waals surface area contributed by atoms with Gasteiger partial charge in [0.15, 0.2) is 6.61 Å². The Morgan fingerprint density at radius 3 is 2.64 bits per heavy atom. The molecule has 128 valence electrons. The molecule has 6 heteroatoms. The van der Waals surface area contributed by atoms with Crippen molar-refractivity contribution in [2.24, 2.45) is 5.73 Å². The van der Waals surface area contributed by atoms with Crippen LogP contribution in [-0.4, -0.2) is 18.4 Å². The van der Waals surface area contributed by atoms with Crippen molar-refractivity contribution in [2.75, 3.05) is 11.9 Å². The van der Waals surface area contributed by atoms with Crippen LogP contribution in [0, 0.1) is 13.8 Å². The molecule has 0 fully saturated rings. The highest BCUT2D eigenvalue weighted by molar-refractivity contribution is 6.10. The highest BCUT2D eigenvalue weighted by atomic mass is 16.5. The number of fused-ring (bicyclic) bond motifs is 1. The summed E-state index contributed by atoms with van der Waals surface area (Å²) < 4.78 is 11.0. The molecule has 3 rings (SSSR count). The Morgan fingerprint density at radius 1 is 1.12 bits per heavy atom. The van der Waals surface area contributed by atoms with Crippen molar-refractivity contribution in [3.05, 3.63) is 59.4 Å². The molecule has 0 unspecified atom stereocenters. The van der Waals surface area contributed by atoms with Crippen molar-refractivity contribution in [2.45, 2.75) is 13.8 Å². The van der Waals surface area contributed by atoms with Crippen molar-refractivity contribution in [3.8, 4) is 5.75 Å². The van der Waals surface area contributed by atoms with E-state index in [1.165, 1.54) is 0 Å². The summed E-state index contributed by atoms with van der Waals surface area (Å²) in [7, 11) is 0. The van der Waals surface area contributed by atoms with Crippen molar-refractivity contribution < 1.29 is 18.7 Å². The normalized spacial score (nSPS) is 10.6. The van der Waals surface area contributed by atoms with Gasteiger partial charge in [0, 0.05) is 5.39 Å². The molecule has 6 nitrogen and oxygen atoms in total. The smallest absolute Gasteiger partial charge is 0.286 e. The van der Waals surface area contributed by atoms with E-state index in [4.69, 9.17) is 14.9 Å². The van der Waals surface area contributed by atoms with Gasteiger partial charge in [-0.2, -0.15) is 0 Å². The summed E-state index contributed by atoms with van der Waals surface area (Å²) >= 11 is 0. The van der Waals surface area contributed by atoms with Gasteiger partial charge in [0.2, 0.25) is 5.76 Å². The average molecular weight is 338 g/mol. The molecule has 0 atom stereocenters. The molecule has 3 N–H and O–H groups in total. The van der Waals surface area contributed by atoms with Crippen molar-refractivity contribution in [1.29, 1.82) is 0 Å². The van der Waals surface area contributed by atoms with Gasteiger partial charge < -0.3 is 20.2 Å². The van der Waals surface area contributed by atoms with Gasteiger partial charge in [-0.1, -0.05) is 24.3 Å². The predicted molar refractivity (Wildman–Crippen MR) is 94.8 cm³/mol. The number of rotatable bonds is 5. The monoisotopic (exact) mass is 338 g/mol. The zero-order valence-electron chi connectivity index (χ0n) is 14.0. The van der Waals surface area contributed by atoms with Crippen LogP contribution >= 0.6 is 0 Å². The first-order valence-corrected chi connectivity index (χ1v) is 7.77. The number of hydrogen-bond acceptors (Lipinski definition) is 4. The fourth-order valence-electron chi connectivity index (χ4n) is 2.54. The first-order valence-electron chi connectivity index (χ1n) is 7.77. The van der Waals surface area contributed by atoms with Crippen LogP contribution in [0.3, 0.4) is 0 Å². The lowest BCUT2D eigenvalue weighted by Crippen LogP contribution is -2.22. The Labute approximate surface area is 144 Å². The van der Waals surface area contributed by atoms with Gasteiger partial charge in [-0.05, 0) is 43.2 Å². The lowest BCUT2D eigenvalue weighted by Gasteiger charge is -2.11. The van der Waals surface area contributed by atoms with Gasteiger partial charge >= 0.3 is 0 Å². The first-order chi connectivity index (χ1) is 12.0. The van der Waals surface area contributed by atoms with Gasteiger partial charge in [0.25, 0.3) is 11.8 Å². The molecule has 25 heavy (non-hydrogen) atoms. The van der Waals surface area contributed by atoms with Gasteiger partial charge in [-0.3, -0.25) is 9.59 Å². The van der Waals surface area contributed by atoms with Crippen molar-refractivity contribution in [3.63, 3.8) is 0 Å². The highest BCUT2D eigenvalue weighted by Crippen LogP contribution is 2.30. The molecular formula is C19H18N2O4. The number of nitrogens with one attached hydrogen (secondary N) is 1. The molecule has 3 aromatic rings. The van der Waals surface area contributed by atoms with Crippen molar-refractivity contribution >= 4 is 28.5 Å². The molecule has 1 aromatic heterocycles. The number of carbonyl (C=O) groups excluding carboxylic acids is 2. The van der Waals surface area contributed by atoms with Crippen LogP contribution in [-0.2, 0) is 4.79 Å². The third kappa shape index (κ3) is 3.33. The summed E-state index contributed by atoms with van der Waals surface area (Å²) in [5, 5.41) is 3.27. The zero-order chi connectivity index (χ0) is 18.0. The summed E-state index contributed by atoms with van der Waals surface area (Å²) in [6.07, 6.45) is 0. The minimum absolute atomic E-state index is 0.0821. The number of aryl methyl sites for hydroxylation is 1. The molecule has 0 aliphatic rings. The molecule has 0 aliphatic carbocycles. The second-order valence-corrected chi connectivity index (χ2v) is 5.70. The van der Waals surface area contributed by atoms with E-state index in [2.05, 4.69) is 5.32 Å². The number of primary amides is 1. The van der Waals surface area contributed by atoms with E-state index in [1.54, 1.807) is 30.3 Å². The lowest BCUT2D eigenvalue weighted by atomic mass is 10.1. The third-order valence-electron chi connectivity index (χ3n) is 4.00. The molecular weight excluding hydrogens is 320 g/mol. The number of ether oxygens (including phenoxy) is 1. The Hall–Kier alpha value is -3.28. The number of nitrogens with two attached hydrogens (primary N) is 1. The Morgan fingerprint density at radius 2 is 1.88 bits per heavy atom. The van der Waals surface area contributed by atoms with Crippen molar-refractivity contribution in [1.82, 2.24) is 0 Å². The second-order valence-electron chi connectivity index (χ2n) is 5.70. The number of hydrogen-bond donors (Lipinski definition) is 2. The minimum atomic E-state index is -0.748. The summed E-state index contributed by atoms with van der Waals surface area (Å²) in [4.78, 5) is 23.8. The maximum atomic E-state index is 12.3. The molecule has 2 amide bonds. The molecule has 0 aliphatic heterocycles. The van der Waals surface area contributed by atoms with Gasteiger partial charge in [0.05, 0.1) is 0 Å². The Balaban J connectivity index is 1.79. The molecule has 0 bridgehead atoms. The Kier molecular flexibility index (Phi) is 4.43. The number of furan rings is 1. The summed E-state index contributed by atoms with van der Waals surface area (Å²) in [6.45, 7) is 3.71. The standard InChI is InChI=1S/C19H18N2O4/c1-11-6-5-9-14(12(11)2)24-10-16(22)21-17-13-7-3-4-8-15(13)25-18(17)19(20)23/h3-9H,10H2,1-2H3,(H2,20,23)(H,21,22). The average Bonchev–Trinajstić information content (AvgIpc) is 2.95. The number of anilines is 1. The Bertz CT molecular complexity index is 959. The van der Waals surface area contributed by atoms with Crippen LogP contribution in [0.4, 0.5) is 5.69 Å². The van der Waals surface area contributed by atoms with Gasteiger partial charge in [-0.15, -0.1) is 0 Å². The quantitative estimate of drug-likeness (QED) is 0.747. The van der Waals surface area contributed by atoms with E-state index in [9.17, 15) is 9.59 Å². The van der Waals surface area contributed by atoms with Crippen LogP contribution in [0.1, 0.15) is 21.7 Å². The molecule has 0 radical (unpaired) electrons. The maximum absolute atomic E-state index is 12.3. The molecule has 0 saturated carbocycles.